The number of urea groups is 1. The lowest BCUT2D eigenvalue weighted by molar-refractivity contribution is -0.119. The minimum atomic E-state index is -0.328. The molecule has 1 aromatic rings. The van der Waals surface area contributed by atoms with E-state index in [0.29, 0.717) is 26.2 Å². The van der Waals surface area contributed by atoms with Gasteiger partial charge in [-0.05, 0) is 12.5 Å². The summed E-state index contributed by atoms with van der Waals surface area (Å²) in [5, 5.41) is 3.00. The fourth-order valence-corrected chi connectivity index (χ4v) is 2.43. The highest BCUT2D eigenvalue weighted by molar-refractivity contribution is 5.76. The van der Waals surface area contributed by atoms with E-state index in [4.69, 9.17) is 5.73 Å². The number of rotatable bonds is 4. The Morgan fingerprint density at radius 2 is 1.81 bits per heavy atom. The topological polar surface area (TPSA) is 78.7 Å². The second-order valence-electron chi connectivity index (χ2n) is 5.31. The number of nitrogens with one attached hydrogen (secondary N) is 1. The number of nitrogens with two attached hydrogens (primary N) is 1. The Morgan fingerprint density at radius 1 is 1.19 bits per heavy atom. The molecule has 1 aliphatic heterocycles. The zero-order valence-corrected chi connectivity index (χ0v) is 12.3. The quantitative estimate of drug-likeness (QED) is 0.850. The maximum absolute atomic E-state index is 12.2. The van der Waals surface area contributed by atoms with Crippen LogP contribution < -0.4 is 11.1 Å². The number of hydrogen-bond acceptors (Lipinski definition) is 3. The van der Waals surface area contributed by atoms with Gasteiger partial charge in [0, 0.05) is 26.2 Å². The Morgan fingerprint density at radius 3 is 2.38 bits per heavy atom. The molecule has 6 heteroatoms. The van der Waals surface area contributed by atoms with E-state index in [2.05, 4.69) is 5.32 Å². The maximum Gasteiger partial charge on any atom is 0.317 e. The lowest BCUT2D eigenvalue weighted by Gasteiger charge is -2.34. The molecule has 1 aliphatic rings. The van der Waals surface area contributed by atoms with Crippen molar-refractivity contribution < 1.29 is 9.59 Å². The summed E-state index contributed by atoms with van der Waals surface area (Å²) in [5.41, 5.74) is 6.26. The molecule has 1 saturated heterocycles. The average molecular weight is 290 g/mol. The zero-order valence-electron chi connectivity index (χ0n) is 12.3. The zero-order chi connectivity index (χ0) is 15.2. The first-order valence-corrected chi connectivity index (χ1v) is 7.17. The van der Waals surface area contributed by atoms with Crippen LogP contribution in [0, 0.1) is 0 Å². The van der Waals surface area contributed by atoms with E-state index >= 15 is 0 Å². The molecule has 1 heterocycles. The molecule has 3 amide bonds. The summed E-state index contributed by atoms with van der Waals surface area (Å²) >= 11 is 0. The van der Waals surface area contributed by atoms with E-state index in [1.807, 2.05) is 42.2 Å². The van der Waals surface area contributed by atoms with Crippen LogP contribution in [0.1, 0.15) is 18.5 Å². The smallest absolute Gasteiger partial charge is 0.317 e. The van der Waals surface area contributed by atoms with Gasteiger partial charge in [0.2, 0.25) is 5.91 Å². The number of amides is 3. The van der Waals surface area contributed by atoms with Crippen LogP contribution in [0.4, 0.5) is 4.79 Å². The molecule has 0 radical (unpaired) electrons. The van der Waals surface area contributed by atoms with Crippen molar-refractivity contribution in [2.24, 2.45) is 5.73 Å². The molecule has 1 unspecified atom stereocenters. The second-order valence-corrected chi connectivity index (χ2v) is 5.31. The van der Waals surface area contributed by atoms with Crippen LogP contribution in [0.25, 0.3) is 0 Å². The Bertz CT molecular complexity index is 484. The van der Waals surface area contributed by atoms with Gasteiger partial charge in [0.15, 0.2) is 0 Å². The van der Waals surface area contributed by atoms with E-state index in [1.54, 1.807) is 4.90 Å². The number of carbonyl (C=O) groups is 2. The van der Waals surface area contributed by atoms with Crippen molar-refractivity contribution >= 4 is 11.9 Å². The molecule has 1 aromatic carbocycles. The summed E-state index contributed by atoms with van der Waals surface area (Å²) < 4.78 is 0. The number of nitrogens with zero attached hydrogens (tertiary/aromatic N) is 2. The lowest BCUT2D eigenvalue weighted by atomic mass is 10.1. The predicted octanol–water partition coefficient (Wildman–Crippen LogP) is 0.560. The minimum Gasteiger partial charge on any atom is -0.369 e. The molecule has 1 fully saturated rings. The van der Waals surface area contributed by atoms with Crippen molar-refractivity contribution in [3.8, 4) is 0 Å². The van der Waals surface area contributed by atoms with Crippen LogP contribution in [0.3, 0.4) is 0 Å². The van der Waals surface area contributed by atoms with Crippen LogP contribution in [0.5, 0.6) is 0 Å². The highest BCUT2D eigenvalue weighted by atomic mass is 16.2. The van der Waals surface area contributed by atoms with Crippen LogP contribution >= 0.6 is 0 Å². The summed E-state index contributed by atoms with van der Waals surface area (Å²) in [5.74, 6) is -0.328. The van der Waals surface area contributed by atoms with Crippen LogP contribution in [-0.2, 0) is 4.79 Å². The summed E-state index contributed by atoms with van der Waals surface area (Å²) in [6.07, 6.45) is 0. The first-order chi connectivity index (χ1) is 10.1. The average Bonchev–Trinajstić information content (AvgIpc) is 2.48. The molecular formula is C15H22N4O2. The van der Waals surface area contributed by atoms with Gasteiger partial charge in [-0.25, -0.2) is 4.79 Å². The van der Waals surface area contributed by atoms with Crippen molar-refractivity contribution in [3.05, 3.63) is 35.9 Å². The molecule has 0 bridgehead atoms. The fraction of sp³-hybridized carbons (Fsp3) is 0.467. The first kappa shape index (κ1) is 15.3. The molecule has 114 valence electrons. The van der Waals surface area contributed by atoms with Gasteiger partial charge in [0.1, 0.15) is 0 Å². The van der Waals surface area contributed by atoms with Crippen molar-refractivity contribution in [2.75, 3.05) is 32.7 Å². The number of carbonyl (C=O) groups excluding carboxylic acids is 2. The highest BCUT2D eigenvalue weighted by Crippen LogP contribution is 2.12. The molecule has 21 heavy (non-hydrogen) atoms. The minimum absolute atomic E-state index is 0.0256. The van der Waals surface area contributed by atoms with Crippen LogP contribution in [0.15, 0.2) is 30.3 Å². The van der Waals surface area contributed by atoms with Crippen LogP contribution in [0.2, 0.25) is 0 Å². The third-order valence-electron chi connectivity index (χ3n) is 3.68. The van der Waals surface area contributed by atoms with Gasteiger partial charge in [-0.2, -0.15) is 0 Å². The van der Waals surface area contributed by atoms with Gasteiger partial charge >= 0.3 is 6.03 Å². The standard InChI is InChI=1S/C15H22N4O2/c1-12(13-5-3-2-4-6-13)17-15(21)19-9-7-18(8-10-19)11-14(16)20/h2-6,12H,7-11H2,1H3,(H2,16,20)(H,17,21). The summed E-state index contributed by atoms with van der Waals surface area (Å²) in [6.45, 7) is 4.81. The van der Waals surface area contributed by atoms with Gasteiger partial charge in [-0.15, -0.1) is 0 Å². The van der Waals surface area contributed by atoms with E-state index in [0.717, 1.165) is 5.56 Å². The lowest BCUT2D eigenvalue weighted by Crippen LogP contribution is -2.53. The molecule has 6 nitrogen and oxygen atoms in total. The normalized spacial score (nSPS) is 17.3. The molecule has 1 atom stereocenters. The largest absolute Gasteiger partial charge is 0.369 e. The van der Waals surface area contributed by atoms with Gasteiger partial charge < -0.3 is 16.0 Å². The van der Waals surface area contributed by atoms with Gasteiger partial charge in [-0.3, -0.25) is 9.69 Å². The molecule has 2 rings (SSSR count). The van der Waals surface area contributed by atoms with Crippen LogP contribution in [-0.4, -0.2) is 54.5 Å². The summed E-state index contributed by atoms with van der Waals surface area (Å²) in [7, 11) is 0. The molecular weight excluding hydrogens is 268 g/mol. The van der Waals surface area contributed by atoms with Gasteiger partial charge in [-0.1, -0.05) is 30.3 Å². The Kier molecular flexibility index (Phi) is 5.16. The second kappa shape index (κ2) is 7.08. The number of hydrogen-bond donors (Lipinski definition) is 2. The number of benzene rings is 1. The highest BCUT2D eigenvalue weighted by Gasteiger charge is 2.22. The third kappa shape index (κ3) is 4.46. The van der Waals surface area contributed by atoms with Crippen molar-refractivity contribution in [3.63, 3.8) is 0 Å². The summed E-state index contributed by atoms with van der Waals surface area (Å²) in [6, 6.07) is 9.77. The van der Waals surface area contributed by atoms with Crippen molar-refractivity contribution in [1.29, 1.82) is 0 Å². The third-order valence-corrected chi connectivity index (χ3v) is 3.68. The molecule has 0 aromatic heterocycles. The van der Waals surface area contributed by atoms with E-state index in [9.17, 15) is 9.59 Å². The summed E-state index contributed by atoms with van der Waals surface area (Å²) in [4.78, 5) is 26.8. The Hall–Kier alpha value is -2.08. The molecule has 0 spiro atoms. The number of piperazine rings is 1. The molecule has 0 saturated carbocycles. The molecule has 0 aliphatic carbocycles. The van der Waals surface area contributed by atoms with E-state index in [1.165, 1.54) is 0 Å². The maximum atomic E-state index is 12.2. The van der Waals surface area contributed by atoms with E-state index < -0.39 is 0 Å². The van der Waals surface area contributed by atoms with Crippen molar-refractivity contribution in [2.45, 2.75) is 13.0 Å². The monoisotopic (exact) mass is 290 g/mol. The Labute approximate surface area is 124 Å². The SMILES string of the molecule is CC(NC(=O)N1CCN(CC(N)=O)CC1)c1ccccc1. The fourth-order valence-electron chi connectivity index (χ4n) is 2.43. The molecule has 3 N–H and O–H groups in total. The van der Waals surface area contributed by atoms with Gasteiger partial charge in [0.25, 0.3) is 0 Å². The predicted molar refractivity (Wildman–Crippen MR) is 80.6 cm³/mol. The first-order valence-electron chi connectivity index (χ1n) is 7.17. The van der Waals surface area contributed by atoms with Gasteiger partial charge in [0.05, 0.1) is 12.6 Å². The number of primary amides is 1. The Balaban J connectivity index is 1.81. The van der Waals surface area contributed by atoms with Crippen molar-refractivity contribution in [1.82, 2.24) is 15.1 Å². The van der Waals surface area contributed by atoms with E-state index in [-0.39, 0.29) is 24.5 Å².